The number of hydrogen-bond donors (Lipinski definition) is 1. The number of aromatic nitrogens is 3. The van der Waals surface area contributed by atoms with E-state index in [9.17, 15) is 4.79 Å². The third-order valence-electron chi connectivity index (χ3n) is 2.92. The lowest BCUT2D eigenvalue weighted by Gasteiger charge is -2.18. The molecule has 0 fully saturated rings. The number of anilines is 1. The molecule has 6 heteroatoms. The minimum Gasteiger partial charge on any atom is -0.372 e. The second kappa shape index (κ2) is 5.51. The Bertz CT molecular complexity index is 578. The van der Waals surface area contributed by atoms with Gasteiger partial charge in [-0.05, 0) is 12.1 Å². The molecule has 0 saturated heterocycles. The normalized spacial score (nSPS) is 10.3. The van der Waals surface area contributed by atoms with E-state index in [-0.39, 0.29) is 5.91 Å². The largest absolute Gasteiger partial charge is 0.372 e. The molecule has 2 aromatic rings. The number of imidazole rings is 1. The molecule has 19 heavy (non-hydrogen) atoms. The van der Waals surface area contributed by atoms with Crippen LogP contribution in [0.2, 0.25) is 0 Å². The molecule has 0 aliphatic rings. The molecule has 0 radical (unpaired) electrons. The molecule has 0 saturated carbocycles. The first kappa shape index (κ1) is 13.1. The minimum absolute atomic E-state index is 0.0829. The molecule has 0 spiro atoms. The molecule has 0 atom stereocenters. The molecule has 2 rings (SSSR count). The Morgan fingerprint density at radius 2 is 2.21 bits per heavy atom. The van der Waals surface area contributed by atoms with Crippen LogP contribution in [-0.2, 0) is 13.6 Å². The fraction of sp³-hybridized carbons (Fsp3) is 0.308. The van der Waals surface area contributed by atoms with Gasteiger partial charge in [0.05, 0.1) is 12.1 Å². The van der Waals surface area contributed by atoms with Gasteiger partial charge in [-0.15, -0.1) is 0 Å². The van der Waals surface area contributed by atoms with E-state index in [0.29, 0.717) is 17.9 Å². The molecule has 0 aliphatic carbocycles. The summed E-state index contributed by atoms with van der Waals surface area (Å²) in [6.45, 7) is 0.459. The average molecular weight is 259 g/mol. The van der Waals surface area contributed by atoms with Crippen molar-refractivity contribution in [2.24, 2.45) is 7.05 Å². The van der Waals surface area contributed by atoms with Crippen LogP contribution < -0.4 is 5.32 Å². The number of carbonyl (C=O) groups is 1. The first-order valence-corrected chi connectivity index (χ1v) is 5.98. The maximum atomic E-state index is 12.4. The molecule has 0 unspecified atom stereocenters. The maximum absolute atomic E-state index is 12.4. The van der Waals surface area contributed by atoms with Crippen molar-refractivity contribution in [2.75, 3.05) is 19.4 Å². The van der Waals surface area contributed by atoms with E-state index in [1.54, 1.807) is 43.5 Å². The summed E-state index contributed by atoms with van der Waals surface area (Å²) in [7, 11) is 5.41. The van der Waals surface area contributed by atoms with Crippen LogP contribution in [0.5, 0.6) is 0 Å². The van der Waals surface area contributed by atoms with Crippen LogP contribution >= 0.6 is 0 Å². The number of pyridine rings is 1. The average Bonchev–Trinajstić information content (AvgIpc) is 2.83. The summed E-state index contributed by atoms with van der Waals surface area (Å²) < 4.78 is 1.89. The SMILES string of the molecule is CNc1ncccc1C(=O)N(C)Cc1nccn1C. The zero-order chi connectivity index (χ0) is 13.8. The van der Waals surface area contributed by atoms with Gasteiger partial charge in [-0.3, -0.25) is 4.79 Å². The van der Waals surface area contributed by atoms with Crippen molar-refractivity contribution in [1.82, 2.24) is 19.4 Å². The number of rotatable bonds is 4. The van der Waals surface area contributed by atoms with E-state index in [1.807, 2.05) is 17.8 Å². The van der Waals surface area contributed by atoms with Gasteiger partial charge in [0.15, 0.2) is 0 Å². The van der Waals surface area contributed by atoms with Crippen molar-refractivity contribution in [1.29, 1.82) is 0 Å². The lowest BCUT2D eigenvalue weighted by Crippen LogP contribution is -2.28. The van der Waals surface area contributed by atoms with Gasteiger partial charge < -0.3 is 14.8 Å². The molecule has 0 bridgehead atoms. The van der Waals surface area contributed by atoms with Crippen LogP contribution in [0.25, 0.3) is 0 Å². The Morgan fingerprint density at radius 1 is 1.42 bits per heavy atom. The lowest BCUT2D eigenvalue weighted by atomic mass is 10.2. The van der Waals surface area contributed by atoms with Gasteiger partial charge in [-0.2, -0.15) is 0 Å². The fourth-order valence-electron chi connectivity index (χ4n) is 1.82. The summed E-state index contributed by atoms with van der Waals surface area (Å²) in [6.07, 6.45) is 5.23. The van der Waals surface area contributed by atoms with E-state index < -0.39 is 0 Å². The standard InChI is InChI=1S/C13H17N5O/c1-14-12-10(5-4-6-16-12)13(19)18(3)9-11-15-7-8-17(11)2/h4-8H,9H2,1-3H3,(H,14,16). The number of nitrogens with zero attached hydrogens (tertiary/aromatic N) is 4. The molecule has 2 aromatic heterocycles. The van der Waals surface area contributed by atoms with Crippen LogP contribution in [0.3, 0.4) is 0 Å². The number of nitrogens with one attached hydrogen (secondary N) is 1. The molecule has 1 amide bonds. The lowest BCUT2D eigenvalue weighted by molar-refractivity contribution is 0.0781. The van der Waals surface area contributed by atoms with Crippen LogP contribution in [-0.4, -0.2) is 39.4 Å². The third kappa shape index (κ3) is 2.73. The Kier molecular flexibility index (Phi) is 3.79. The first-order chi connectivity index (χ1) is 9.13. The van der Waals surface area contributed by atoms with Crippen molar-refractivity contribution in [3.63, 3.8) is 0 Å². The number of hydrogen-bond acceptors (Lipinski definition) is 4. The van der Waals surface area contributed by atoms with Gasteiger partial charge in [0, 0.05) is 39.7 Å². The summed E-state index contributed by atoms with van der Waals surface area (Å²) in [6, 6.07) is 3.51. The van der Waals surface area contributed by atoms with Crippen molar-refractivity contribution in [2.45, 2.75) is 6.54 Å². The quantitative estimate of drug-likeness (QED) is 0.894. The monoisotopic (exact) mass is 259 g/mol. The zero-order valence-electron chi connectivity index (χ0n) is 11.3. The Morgan fingerprint density at radius 3 is 2.84 bits per heavy atom. The summed E-state index contributed by atoms with van der Waals surface area (Å²) >= 11 is 0. The van der Waals surface area contributed by atoms with Gasteiger partial charge in [0.2, 0.25) is 0 Å². The number of amides is 1. The Balaban J connectivity index is 2.17. The van der Waals surface area contributed by atoms with Crippen LogP contribution in [0.4, 0.5) is 5.82 Å². The van der Waals surface area contributed by atoms with E-state index in [2.05, 4.69) is 15.3 Å². The fourth-order valence-corrected chi connectivity index (χ4v) is 1.82. The molecule has 0 aliphatic heterocycles. The summed E-state index contributed by atoms with van der Waals surface area (Å²) in [4.78, 5) is 22.3. The highest BCUT2D eigenvalue weighted by Gasteiger charge is 2.17. The van der Waals surface area contributed by atoms with Crippen molar-refractivity contribution in [3.8, 4) is 0 Å². The van der Waals surface area contributed by atoms with Crippen LogP contribution in [0, 0.1) is 0 Å². The van der Waals surface area contributed by atoms with E-state index in [0.717, 1.165) is 5.82 Å². The molecular formula is C13H17N5O. The highest BCUT2D eigenvalue weighted by molar-refractivity contribution is 5.98. The molecule has 1 N–H and O–H groups in total. The predicted molar refractivity (Wildman–Crippen MR) is 72.8 cm³/mol. The highest BCUT2D eigenvalue weighted by Crippen LogP contribution is 2.14. The first-order valence-electron chi connectivity index (χ1n) is 5.98. The van der Waals surface area contributed by atoms with Crippen molar-refractivity contribution in [3.05, 3.63) is 42.1 Å². The van der Waals surface area contributed by atoms with E-state index in [4.69, 9.17) is 0 Å². The van der Waals surface area contributed by atoms with Crippen molar-refractivity contribution >= 4 is 11.7 Å². The topological polar surface area (TPSA) is 63.1 Å². The number of aryl methyl sites for hydroxylation is 1. The molecule has 6 nitrogen and oxygen atoms in total. The highest BCUT2D eigenvalue weighted by atomic mass is 16.2. The number of carbonyl (C=O) groups excluding carboxylic acids is 1. The van der Waals surface area contributed by atoms with Crippen LogP contribution in [0.1, 0.15) is 16.2 Å². The summed E-state index contributed by atoms with van der Waals surface area (Å²) in [5.41, 5.74) is 0.557. The smallest absolute Gasteiger partial charge is 0.257 e. The van der Waals surface area contributed by atoms with Crippen LogP contribution in [0.15, 0.2) is 30.7 Å². The van der Waals surface area contributed by atoms with Gasteiger partial charge in [0.1, 0.15) is 11.6 Å². The van der Waals surface area contributed by atoms with E-state index >= 15 is 0 Å². The molecule has 100 valence electrons. The molecule has 2 heterocycles. The molecule has 0 aromatic carbocycles. The Labute approximate surface area is 112 Å². The van der Waals surface area contributed by atoms with Gasteiger partial charge in [-0.25, -0.2) is 9.97 Å². The predicted octanol–water partition coefficient (Wildman–Crippen LogP) is 1.13. The maximum Gasteiger partial charge on any atom is 0.257 e. The van der Waals surface area contributed by atoms with E-state index in [1.165, 1.54) is 0 Å². The van der Waals surface area contributed by atoms with Crippen molar-refractivity contribution < 1.29 is 4.79 Å². The minimum atomic E-state index is -0.0829. The summed E-state index contributed by atoms with van der Waals surface area (Å²) in [5.74, 6) is 1.34. The van der Waals surface area contributed by atoms with Gasteiger partial charge in [-0.1, -0.05) is 0 Å². The summed E-state index contributed by atoms with van der Waals surface area (Å²) in [5, 5.41) is 2.92. The third-order valence-corrected chi connectivity index (χ3v) is 2.92. The Hall–Kier alpha value is -2.37. The zero-order valence-corrected chi connectivity index (χ0v) is 11.3. The van der Waals surface area contributed by atoms with Gasteiger partial charge in [0.25, 0.3) is 5.91 Å². The molecular weight excluding hydrogens is 242 g/mol. The second-order valence-electron chi connectivity index (χ2n) is 4.27. The van der Waals surface area contributed by atoms with Gasteiger partial charge >= 0.3 is 0 Å². The second-order valence-corrected chi connectivity index (χ2v) is 4.27.